The van der Waals surface area contributed by atoms with Crippen LogP contribution in [0.1, 0.15) is 41.3 Å². The molecule has 0 aromatic heterocycles. The van der Waals surface area contributed by atoms with E-state index >= 15 is 0 Å². The third-order valence-electron chi connectivity index (χ3n) is 5.49. The van der Waals surface area contributed by atoms with Crippen molar-refractivity contribution < 1.29 is 22.7 Å². The fraction of sp³-hybridized carbons (Fsp3) is 0.240. The van der Waals surface area contributed by atoms with Gasteiger partial charge in [-0.2, -0.15) is 13.2 Å². The van der Waals surface area contributed by atoms with Crippen molar-refractivity contribution in [2.75, 3.05) is 6.61 Å². The third kappa shape index (κ3) is 4.35. The maximum atomic E-state index is 13.0. The fourth-order valence-corrected chi connectivity index (χ4v) is 4.08. The van der Waals surface area contributed by atoms with Crippen LogP contribution in [0.5, 0.6) is 0 Å². The van der Waals surface area contributed by atoms with Gasteiger partial charge in [-0.1, -0.05) is 72.8 Å². The van der Waals surface area contributed by atoms with Gasteiger partial charge in [0.25, 0.3) is 0 Å². The molecule has 1 saturated heterocycles. The molecule has 1 heterocycles. The van der Waals surface area contributed by atoms with Crippen molar-refractivity contribution in [2.24, 2.45) is 0 Å². The number of esters is 1. The van der Waals surface area contributed by atoms with E-state index in [1.54, 1.807) is 6.92 Å². The average Bonchev–Trinajstić information content (AvgIpc) is 3.50. The molecular weight excluding hydrogens is 403 g/mol. The third-order valence-corrected chi connectivity index (χ3v) is 5.49. The predicted molar refractivity (Wildman–Crippen MR) is 111 cm³/mol. The molecule has 1 aliphatic heterocycles. The lowest BCUT2D eigenvalue weighted by Gasteiger charge is -2.21. The van der Waals surface area contributed by atoms with Gasteiger partial charge in [-0.3, -0.25) is 9.69 Å². The Labute approximate surface area is 179 Å². The Morgan fingerprint density at radius 1 is 0.903 bits per heavy atom. The standard InChI is InChI=1S/C25H22F3NO2/c1-2-31-24(30)23-22(19-13-15-20(16-14-19)25(26,27)28)29(23)21(17-9-5-3-6-10-17)18-11-7-4-8-12-18/h3-16,21-23H,2H2,1H3/t22-,23-,29?/m1/s1. The number of alkyl halides is 3. The molecule has 3 aromatic rings. The van der Waals surface area contributed by atoms with Gasteiger partial charge in [-0.05, 0) is 35.7 Å². The van der Waals surface area contributed by atoms with E-state index in [0.29, 0.717) is 5.56 Å². The molecule has 0 spiro atoms. The molecule has 0 bridgehead atoms. The summed E-state index contributed by atoms with van der Waals surface area (Å²) in [4.78, 5) is 14.8. The highest BCUT2D eigenvalue weighted by Gasteiger charge is 2.58. The molecule has 4 rings (SSSR count). The predicted octanol–water partition coefficient (Wildman–Crippen LogP) is 5.78. The maximum absolute atomic E-state index is 13.0. The van der Waals surface area contributed by atoms with E-state index in [0.717, 1.165) is 23.3 Å². The largest absolute Gasteiger partial charge is 0.465 e. The minimum atomic E-state index is -4.40. The molecule has 1 aliphatic rings. The second-order valence-electron chi connectivity index (χ2n) is 7.43. The summed E-state index contributed by atoms with van der Waals surface area (Å²) in [5.74, 6) is -0.371. The van der Waals surface area contributed by atoms with Crippen LogP contribution in [0, 0.1) is 0 Å². The van der Waals surface area contributed by atoms with Crippen molar-refractivity contribution in [3.8, 4) is 0 Å². The van der Waals surface area contributed by atoms with Crippen molar-refractivity contribution in [3.63, 3.8) is 0 Å². The second-order valence-corrected chi connectivity index (χ2v) is 7.43. The normalized spacial score (nSPS) is 20.5. The lowest BCUT2D eigenvalue weighted by atomic mass is 9.98. The van der Waals surface area contributed by atoms with Crippen LogP contribution in [0.4, 0.5) is 13.2 Å². The number of carbonyl (C=O) groups excluding carboxylic acids is 1. The number of halogens is 3. The van der Waals surface area contributed by atoms with E-state index < -0.39 is 17.8 Å². The van der Waals surface area contributed by atoms with Crippen LogP contribution < -0.4 is 0 Å². The van der Waals surface area contributed by atoms with Gasteiger partial charge in [0.2, 0.25) is 0 Å². The summed E-state index contributed by atoms with van der Waals surface area (Å²) in [6, 6.07) is 23.4. The van der Waals surface area contributed by atoms with Crippen molar-refractivity contribution in [1.82, 2.24) is 4.90 Å². The topological polar surface area (TPSA) is 29.3 Å². The molecular formula is C25H22F3NO2. The zero-order valence-corrected chi connectivity index (χ0v) is 16.9. The highest BCUT2D eigenvalue weighted by Crippen LogP contribution is 2.52. The fourth-order valence-electron chi connectivity index (χ4n) is 4.08. The van der Waals surface area contributed by atoms with Crippen molar-refractivity contribution >= 4 is 5.97 Å². The number of ether oxygens (including phenoxy) is 1. The van der Waals surface area contributed by atoms with Gasteiger partial charge in [0.15, 0.2) is 0 Å². The molecule has 0 N–H and O–H groups in total. The van der Waals surface area contributed by atoms with E-state index in [4.69, 9.17) is 4.74 Å². The first-order chi connectivity index (χ1) is 14.9. The smallest absolute Gasteiger partial charge is 0.416 e. The van der Waals surface area contributed by atoms with Crippen LogP contribution >= 0.6 is 0 Å². The molecule has 160 valence electrons. The lowest BCUT2D eigenvalue weighted by Crippen LogP contribution is -2.20. The molecule has 6 heteroatoms. The van der Waals surface area contributed by atoms with E-state index in [1.165, 1.54) is 12.1 Å². The van der Waals surface area contributed by atoms with Crippen LogP contribution in [0.15, 0.2) is 84.9 Å². The monoisotopic (exact) mass is 425 g/mol. The van der Waals surface area contributed by atoms with Gasteiger partial charge in [0.1, 0.15) is 6.04 Å². The maximum Gasteiger partial charge on any atom is 0.416 e. The van der Waals surface area contributed by atoms with Crippen molar-refractivity contribution in [3.05, 3.63) is 107 Å². The van der Waals surface area contributed by atoms with Gasteiger partial charge >= 0.3 is 12.1 Å². The molecule has 0 saturated carbocycles. The minimum Gasteiger partial charge on any atom is -0.465 e. The molecule has 1 fully saturated rings. The van der Waals surface area contributed by atoms with Gasteiger partial charge in [0.05, 0.1) is 24.3 Å². The Hall–Kier alpha value is -3.12. The van der Waals surface area contributed by atoms with Crippen LogP contribution in [0.3, 0.4) is 0 Å². The van der Waals surface area contributed by atoms with Crippen LogP contribution in [-0.4, -0.2) is 23.5 Å². The van der Waals surface area contributed by atoms with E-state index in [2.05, 4.69) is 0 Å². The zero-order chi connectivity index (χ0) is 22.0. The number of carbonyl (C=O) groups is 1. The molecule has 3 nitrogen and oxygen atoms in total. The highest BCUT2D eigenvalue weighted by atomic mass is 19.4. The molecule has 3 aromatic carbocycles. The second kappa shape index (κ2) is 8.55. The Balaban J connectivity index is 1.74. The summed E-state index contributed by atoms with van der Waals surface area (Å²) < 4.78 is 44.3. The summed E-state index contributed by atoms with van der Waals surface area (Å²) in [5, 5.41) is 0. The van der Waals surface area contributed by atoms with Crippen molar-refractivity contribution in [2.45, 2.75) is 31.2 Å². The van der Waals surface area contributed by atoms with Crippen molar-refractivity contribution in [1.29, 1.82) is 0 Å². The summed E-state index contributed by atoms with van der Waals surface area (Å²) in [6.45, 7) is 1.98. The molecule has 1 unspecified atom stereocenters. The van der Waals surface area contributed by atoms with Gasteiger partial charge in [0, 0.05) is 0 Å². The molecule has 0 radical (unpaired) electrons. The Morgan fingerprint density at radius 2 is 1.42 bits per heavy atom. The lowest BCUT2D eigenvalue weighted by molar-refractivity contribution is -0.143. The number of hydrogen-bond acceptors (Lipinski definition) is 3. The first-order valence-electron chi connectivity index (χ1n) is 10.1. The number of hydrogen-bond donors (Lipinski definition) is 0. The minimum absolute atomic E-state index is 0.232. The highest BCUT2D eigenvalue weighted by molar-refractivity contribution is 5.81. The van der Waals surface area contributed by atoms with Gasteiger partial charge in [-0.15, -0.1) is 0 Å². The number of rotatable bonds is 6. The van der Waals surface area contributed by atoms with Crippen LogP contribution in [-0.2, 0) is 15.7 Å². The van der Waals surface area contributed by atoms with Crippen LogP contribution in [0.2, 0.25) is 0 Å². The van der Waals surface area contributed by atoms with Gasteiger partial charge < -0.3 is 4.74 Å². The summed E-state index contributed by atoms with van der Waals surface area (Å²) in [6.07, 6.45) is -4.40. The van der Waals surface area contributed by atoms with E-state index in [9.17, 15) is 18.0 Å². The summed E-state index contributed by atoms with van der Waals surface area (Å²) in [7, 11) is 0. The van der Waals surface area contributed by atoms with E-state index in [1.807, 2.05) is 65.6 Å². The van der Waals surface area contributed by atoms with E-state index in [-0.39, 0.29) is 24.7 Å². The number of nitrogens with zero attached hydrogens (tertiary/aromatic N) is 1. The summed E-state index contributed by atoms with van der Waals surface area (Å²) >= 11 is 0. The molecule has 0 aliphatic carbocycles. The quantitative estimate of drug-likeness (QED) is 0.370. The Morgan fingerprint density at radius 3 is 1.87 bits per heavy atom. The Kier molecular flexibility index (Phi) is 5.83. The SMILES string of the molecule is CCOC(=O)[C@H]1[C@@H](c2ccc(C(F)(F)F)cc2)N1C(c1ccccc1)c1ccccc1. The molecule has 0 amide bonds. The molecule has 3 atom stereocenters. The first kappa shape index (κ1) is 21.1. The van der Waals surface area contributed by atoms with Crippen LogP contribution in [0.25, 0.3) is 0 Å². The van der Waals surface area contributed by atoms with Gasteiger partial charge in [-0.25, -0.2) is 0 Å². The Bertz CT molecular complexity index is 981. The zero-order valence-electron chi connectivity index (χ0n) is 16.9. The average molecular weight is 425 g/mol. The molecule has 31 heavy (non-hydrogen) atoms. The summed E-state index contributed by atoms with van der Waals surface area (Å²) in [5.41, 5.74) is 1.94. The first-order valence-corrected chi connectivity index (χ1v) is 10.1. The number of benzene rings is 3.